The molecule has 1 aromatic carbocycles. The zero-order chi connectivity index (χ0) is 18.4. The first-order chi connectivity index (χ1) is 12.5. The molecule has 3 nitrogen and oxygen atoms in total. The molecule has 0 saturated carbocycles. The zero-order valence-electron chi connectivity index (χ0n) is 14.8. The Bertz CT molecular complexity index is 1020. The molecule has 1 N–H and O–H groups in total. The summed E-state index contributed by atoms with van der Waals surface area (Å²) >= 11 is 8.03. The van der Waals surface area contributed by atoms with Gasteiger partial charge in [-0.2, -0.15) is 0 Å². The van der Waals surface area contributed by atoms with Crippen molar-refractivity contribution in [2.75, 3.05) is 0 Å². The molecule has 0 aliphatic heterocycles. The molecule has 2 aromatic heterocycles. The van der Waals surface area contributed by atoms with Crippen LogP contribution in [0.1, 0.15) is 47.4 Å². The van der Waals surface area contributed by atoms with Crippen molar-refractivity contribution in [2.24, 2.45) is 0 Å². The lowest BCUT2D eigenvalue weighted by molar-refractivity contribution is -0.138. The number of hydrogen-bond donors (Lipinski definition) is 1. The smallest absolute Gasteiger partial charge is 0.310 e. The van der Waals surface area contributed by atoms with E-state index >= 15 is 0 Å². The molecule has 2 heterocycles. The number of thiophene rings is 1. The molecule has 0 bridgehead atoms. The molecule has 1 aliphatic carbocycles. The van der Waals surface area contributed by atoms with Crippen LogP contribution in [0.3, 0.4) is 0 Å². The van der Waals surface area contributed by atoms with E-state index < -0.39 is 11.9 Å². The fourth-order valence-corrected chi connectivity index (χ4v) is 5.52. The van der Waals surface area contributed by atoms with Gasteiger partial charge >= 0.3 is 5.97 Å². The SMILES string of the molecule is Cc1nc2sc3c(c2c(-c2cccc(Cl)c2)c1C(C)C(=O)O)CCCC3. The maximum absolute atomic E-state index is 11.8. The third-order valence-electron chi connectivity index (χ3n) is 5.25. The van der Waals surface area contributed by atoms with Gasteiger partial charge in [0.1, 0.15) is 4.83 Å². The Kier molecular flexibility index (Phi) is 4.49. The number of aryl methyl sites for hydroxylation is 3. The van der Waals surface area contributed by atoms with E-state index in [2.05, 4.69) is 0 Å². The molecule has 1 aliphatic rings. The van der Waals surface area contributed by atoms with E-state index in [-0.39, 0.29) is 0 Å². The predicted molar refractivity (Wildman–Crippen MR) is 107 cm³/mol. The maximum Gasteiger partial charge on any atom is 0.310 e. The van der Waals surface area contributed by atoms with E-state index in [1.54, 1.807) is 18.3 Å². The van der Waals surface area contributed by atoms with Crippen molar-refractivity contribution < 1.29 is 9.90 Å². The summed E-state index contributed by atoms with van der Waals surface area (Å²) in [5.41, 5.74) is 4.93. The minimum Gasteiger partial charge on any atom is -0.481 e. The molecule has 0 spiro atoms. The first-order valence-electron chi connectivity index (χ1n) is 8.91. The number of carbonyl (C=O) groups is 1. The van der Waals surface area contributed by atoms with Crippen molar-refractivity contribution in [2.45, 2.75) is 45.4 Å². The summed E-state index contributed by atoms with van der Waals surface area (Å²) in [6.07, 6.45) is 4.51. The quantitative estimate of drug-likeness (QED) is 0.602. The number of hydrogen-bond acceptors (Lipinski definition) is 3. The zero-order valence-corrected chi connectivity index (χ0v) is 16.4. The Labute approximate surface area is 161 Å². The van der Waals surface area contributed by atoms with E-state index in [1.165, 1.54) is 23.3 Å². The van der Waals surface area contributed by atoms with Crippen LogP contribution in [0.15, 0.2) is 24.3 Å². The molecule has 0 fully saturated rings. The number of rotatable bonds is 3. The Balaban J connectivity index is 2.14. The number of nitrogens with zero attached hydrogens (tertiary/aromatic N) is 1. The number of carboxylic acid groups (broad SMARTS) is 1. The van der Waals surface area contributed by atoms with E-state index in [9.17, 15) is 9.90 Å². The molecule has 0 radical (unpaired) electrons. The number of aromatic nitrogens is 1. The van der Waals surface area contributed by atoms with Gasteiger partial charge in [0.25, 0.3) is 0 Å². The van der Waals surface area contributed by atoms with E-state index in [0.717, 1.165) is 45.4 Å². The third kappa shape index (κ3) is 2.81. The molecule has 0 saturated heterocycles. The summed E-state index contributed by atoms with van der Waals surface area (Å²) in [7, 11) is 0. The van der Waals surface area contributed by atoms with Gasteiger partial charge in [-0.1, -0.05) is 23.7 Å². The van der Waals surface area contributed by atoms with Crippen molar-refractivity contribution in [1.82, 2.24) is 4.98 Å². The van der Waals surface area contributed by atoms with Gasteiger partial charge in [0.05, 0.1) is 5.92 Å². The average Bonchev–Trinajstić information content (AvgIpc) is 2.97. The Morgan fingerprint density at radius 1 is 1.31 bits per heavy atom. The highest BCUT2D eigenvalue weighted by Crippen LogP contribution is 2.45. The molecule has 4 rings (SSSR count). The summed E-state index contributed by atoms with van der Waals surface area (Å²) < 4.78 is 0. The Morgan fingerprint density at radius 3 is 2.81 bits per heavy atom. The maximum atomic E-state index is 11.8. The number of aliphatic carboxylic acids is 1. The summed E-state index contributed by atoms with van der Waals surface area (Å²) in [5, 5.41) is 11.5. The highest BCUT2D eigenvalue weighted by atomic mass is 35.5. The average molecular weight is 386 g/mol. The molecule has 3 aromatic rings. The second kappa shape index (κ2) is 6.67. The van der Waals surface area contributed by atoms with Crippen molar-refractivity contribution in [3.8, 4) is 11.1 Å². The molecule has 134 valence electrons. The van der Waals surface area contributed by atoms with Crippen LogP contribution in [0.25, 0.3) is 21.3 Å². The number of halogens is 1. The minimum absolute atomic E-state index is 0.625. The van der Waals surface area contributed by atoms with Crippen LogP contribution < -0.4 is 0 Å². The minimum atomic E-state index is -0.832. The van der Waals surface area contributed by atoms with Gasteiger partial charge in [0.2, 0.25) is 0 Å². The van der Waals surface area contributed by atoms with Crippen LogP contribution in [0, 0.1) is 6.92 Å². The van der Waals surface area contributed by atoms with Crippen LogP contribution in [0.2, 0.25) is 5.02 Å². The second-order valence-electron chi connectivity index (χ2n) is 6.95. The molecular formula is C21H20ClNO2S. The fourth-order valence-electron chi connectivity index (χ4n) is 4.01. The van der Waals surface area contributed by atoms with Crippen LogP contribution >= 0.6 is 22.9 Å². The van der Waals surface area contributed by atoms with E-state index in [4.69, 9.17) is 16.6 Å². The molecular weight excluding hydrogens is 366 g/mol. The summed E-state index contributed by atoms with van der Waals surface area (Å²) in [4.78, 5) is 19.1. The Morgan fingerprint density at radius 2 is 2.08 bits per heavy atom. The summed E-state index contributed by atoms with van der Waals surface area (Å²) in [5.74, 6) is -1.46. The highest BCUT2D eigenvalue weighted by Gasteiger charge is 2.28. The van der Waals surface area contributed by atoms with Crippen LogP contribution in [0.5, 0.6) is 0 Å². The molecule has 26 heavy (non-hydrogen) atoms. The molecule has 1 unspecified atom stereocenters. The van der Waals surface area contributed by atoms with Gasteiger partial charge in [0, 0.05) is 21.0 Å². The Hall–Kier alpha value is -1.91. The number of carboxylic acids is 1. The van der Waals surface area contributed by atoms with E-state index in [0.29, 0.717) is 5.02 Å². The lowest BCUT2D eigenvalue weighted by atomic mass is 9.86. The lowest BCUT2D eigenvalue weighted by Gasteiger charge is -2.19. The number of fused-ring (bicyclic) bond motifs is 3. The largest absolute Gasteiger partial charge is 0.481 e. The number of benzene rings is 1. The van der Waals surface area contributed by atoms with Gasteiger partial charge < -0.3 is 5.11 Å². The predicted octanol–water partition coefficient (Wildman–Crippen LogP) is 5.99. The van der Waals surface area contributed by atoms with Crippen LogP contribution in [-0.4, -0.2) is 16.1 Å². The lowest BCUT2D eigenvalue weighted by Crippen LogP contribution is -2.12. The first-order valence-corrected chi connectivity index (χ1v) is 10.1. The van der Waals surface area contributed by atoms with Crippen molar-refractivity contribution in [3.63, 3.8) is 0 Å². The molecule has 1 atom stereocenters. The van der Waals surface area contributed by atoms with Gasteiger partial charge in [-0.25, -0.2) is 4.98 Å². The normalized spacial score (nSPS) is 15.0. The second-order valence-corrected chi connectivity index (χ2v) is 8.47. The molecule has 5 heteroatoms. The van der Waals surface area contributed by atoms with Crippen molar-refractivity contribution >= 4 is 39.1 Å². The highest BCUT2D eigenvalue weighted by molar-refractivity contribution is 7.19. The van der Waals surface area contributed by atoms with Gasteiger partial charge in [0.15, 0.2) is 0 Å². The third-order valence-corrected chi connectivity index (χ3v) is 6.67. The summed E-state index contributed by atoms with van der Waals surface area (Å²) in [6, 6.07) is 7.72. The standard InChI is InChI=1S/C21H20ClNO2S/c1-11(21(24)25)17-12(2)23-20-19(15-8-3-4-9-16(15)26-20)18(17)13-6-5-7-14(22)10-13/h5-7,10-11H,3-4,8-9H2,1-2H3,(H,24,25). The van der Waals surface area contributed by atoms with Gasteiger partial charge in [-0.05, 0) is 73.9 Å². The van der Waals surface area contributed by atoms with Crippen molar-refractivity contribution in [3.05, 3.63) is 51.0 Å². The molecule has 0 amide bonds. The van der Waals surface area contributed by atoms with Gasteiger partial charge in [-0.15, -0.1) is 11.3 Å². The van der Waals surface area contributed by atoms with Crippen LogP contribution in [0.4, 0.5) is 0 Å². The van der Waals surface area contributed by atoms with Crippen LogP contribution in [-0.2, 0) is 17.6 Å². The monoisotopic (exact) mass is 385 g/mol. The topological polar surface area (TPSA) is 50.2 Å². The first kappa shape index (κ1) is 17.5. The summed E-state index contributed by atoms with van der Waals surface area (Å²) in [6.45, 7) is 3.66. The van der Waals surface area contributed by atoms with Gasteiger partial charge in [-0.3, -0.25) is 4.79 Å². The fraction of sp³-hybridized carbons (Fsp3) is 0.333. The van der Waals surface area contributed by atoms with Crippen molar-refractivity contribution in [1.29, 1.82) is 0 Å². The number of pyridine rings is 1. The van der Waals surface area contributed by atoms with E-state index in [1.807, 2.05) is 31.2 Å².